The van der Waals surface area contributed by atoms with Gasteiger partial charge < -0.3 is 14.5 Å². The van der Waals surface area contributed by atoms with Crippen LogP contribution in [0.3, 0.4) is 0 Å². The summed E-state index contributed by atoms with van der Waals surface area (Å²) in [6.07, 6.45) is 7.01. The number of rotatable bonds is 5. The Bertz CT molecular complexity index is 869. The number of carbonyl (C=O) groups excluding carboxylic acids is 2. The second-order valence-electron chi connectivity index (χ2n) is 8.63. The van der Waals surface area contributed by atoms with Crippen molar-refractivity contribution in [2.75, 3.05) is 26.2 Å². The lowest BCUT2D eigenvalue weighted by Gasteiger charge is -2.37. The summed E-state index contributed by atoms with van der Waals surface area (Å²) in [5, 5.41) is 0. The highest BCUT2D eigenvalue weighted by Crippen LogP contribution is 2.24. The second kappa shape index (κ2) is 10.1. The topological polar surface area (TPSA) is 62.7 Å². The average molecular weight is 422 g/mol. The molecule has 0 saturated carbocycles. The van der Waals surface area contributed by atoms with Gasteiger partial charge in [-0.25, -0.2) is 0 Å². The highest BCUT2D eigenvalue weighted by molar-refractivity contribution is 5.94. The first kappa shape index (κ1) is 21.5. The standard InChI is InChI=1S/C25H31N3O3/c1-19-4-6-21(7-5-19)24(29)27-13-8-22(9-14-27)25(30)28-15-10-23(11-16-28)31-18-20-3-2-12-26-17-20/h2-7,12,17,22-23H,8-11,13-16,18H2,1H3. The molecule has 6 nitrogen and oxygen atoms in total. The molecule has 0 spiro atoms. The van der Waals surface area contributed by atoms with Crippen LogP contribution >= 0.6 is 0 Å². The van der Waals surface area contributed by atoms with Crippen LogP contribution in [-0.4, -0.2) is 58.9 Å². The summed E-state index contributed by atoms with van der Waals surface area (Å²) >= 11 is 0. The Balaban J connectivity index is 1.20. The van der Waals surface area contributed by atoms with Gasteiger partial charge in [0.25, 0.3) is 5.91 Å². The summed E-state index contributed by atoms with van der Waals surface area (Å²) in [5.74, 6) is 0.334. The van der Waals surface area contributed by atoms with E-state index < -0.39 is 0 Å². The molecule has 2 fully saturated rings. The van der Waals surface area contributed by atoms with E-state index in [0.717, 1.165) is 55.5 Å². The number of ether oxygens (including phenoxy) is 1. The minimum absolute atomic E-state index is 0.0231. The van der Waals surface area contributed by atoms with Crippen molar-refractivity contribution in [1.82, 2.24) is 14.8 Å². The van der Waals surface area contributed by atoms with Gasteiger partial charge in [-0.2, -0.15) is 0 Å². The number of benzene rings is 1. The van der Waals surface area contributed by atoms with Gasteiger partial charge in [0.05, 0.1) is 12.7 Å². The van der Waals surface area contributed by atoms with Crippen molar-refractivity contribution in [3.8, 4) is 0 Å². The SMILES string of the molecule is Cc1ccc(C(=O)N2CCC(C(=O)N3CCC(OCc4cccnc4)CC3)CC2)cc1. The summed E-state index contributed by atoms with van der Waals surface area (Å²) in [5.41, 5.74) is 2.95. The molecule has 0 N–H and O–H groups in total. The Morgan fingerprint density at radius 3 is 2.29 bits per heavy atom. The van der Waals surface area contributed by atoms with E-state index in [9.17, 15) is 9.59 Å². The molecule has 0 unspecified atom stereocenters. The number of carbonyl (C=O) groups is 2. The molecule has 2 aliphatic rings. The molecule has 1 aromatic heterocycles. The van der Waals surface area contributed by atoms with Gasteiger partial charge >= 0.3 is 0 Å². The smallest absolute Gasteiger partial charge is 0.253 e. The van der Waals surface area contributed by atoms with Crippen LogP contribution in [0.5, 0.6) is 0 Å². The van der Waals surface area contributed by atoms with Crippen molar-refractivity contribution in [3.05, 3.63) is 65.5 Å². The Morgan fingerprint density at radius 2 is 1.65 bits per heavy atom. The van der Waals surface area contributed by atoms with Crippen LogP contribution in [0, 0.1) is 12.8 Å². The molecule has 31 heavy (non-hydrogen) atoms. The number of likely N-dealkylation sites (tertiary alicyclic amines) is 2. The fourth-order valence-electron chi connectivity index (χ4n) is 4.41. The van der Waals surface area contributed by atoms with E-state index in [-0.39, 0.29) is 23.8 Å². The molecule has 2 aromatic rings. The maximum absolute atomic E-state index is 13.0. The van der Waals surface area contributed by atoms with Gasteiger partial charge in [-0.05, 0) is 56.4 Å². The molecule has 1 aromatic carbocycles. The van der Waals surface area contributed by atoms with E-state index in [1.807, 2.05) is 59.3 Å². The number of aromatic nitrogens is 1. The fourth-order valence-corrected chi connectivity index (χ4v) is 4.41. The van der Waals surface area contributed by atoms with Crippen LogP contribution in [0.25, 0.3) is 0 Å². The lowest BCUT2D eigenvalue weighted by atomic mass is 9.93. The van der Waals surface area contributed by atoms with Crippen molar-refractivity contribution in [1.29, 1.82) is 0 Å². The summed E-state index contributed by atoms with van der Waals surface area (Å²) in [7, 11) is 0. The molecular weight excluding hydrogens is 390 g/mol. The number of hydrogen-bond acceptors (Lipinski definition) is 4. The van der Waals surface area contributed by atoms with Crippen LogP contribution in [0.1, 0.15) is 47.2 Å². The maximum atomic E-state index is 13.0. The number of hydrogen-bond donors (Lipinski definition) is 0. The summed E-state index contributed by atoms with van der Waals surface area (Å²) in [6.45, 7) is 5.38. The highest BCUT2D eigenvalue weighted by atomic mass is 16.5. The van der Waals surface area contributed by atoms with Crippen LogP contribution in [0.4, 0.5) is 0 Å². The van der Waals surface area contributed by atoms with Crippen LogP contribution in [0.15, 0.2) is 48.8 Å². The number of nitrogens with zero attached hydrogens (tertiary/aromatic N) is 3. The predicted octanol–water partition coefficient (Wildman–Crippen LogP) is 3.45. The Hall–Kier alpha value is -2.73. The summed E-state index contributed by atoms with van der Waals surface area (Å²) in [4.78, 5) is 33.7. The molecule has 6 heteroatoms. The first-order valence-corrected chi connectivity index (χ1v) is 11.3. The monoisotopic (exact) mass is 421 g/mol. The summed E-state index contributed by atoms with van der Waals surface area (Å²) in [6, 6.07) is 11.6. The van der Waals surface area contributed by atoms with Crippen molar-refractivity contribution >= 4 is 11.8 Å². The predicted molar refractivity (Wildman–Crippen MR) is 118 cm³/mol. The molecule has 2 amide bonds. The molecule has 3 heterocycles. The first-order valence-electron chi connectivity index (χ1n) is 11.3. The van der Waals surface area contributed by atoms with E-state index in [2.05, 4.69) is 4.98 Å². The van der Waals surface area contributed by atoms with E-state index in [4.69, 9.17) is 4.74 Å². The zero-order valence-electron chi connectivity index (χ0n) is 18.2. The maximum Gasteiger partial charge on any atom is 0.253 e. The van der Waals surface area contributed by atoms with E-state index in [1.54, 1.807) is 6.20 Å². The number of piperidine rings is 2. The van der Waals surface area contributed by atoms with E-state index in [0.29, 0.717) is 19.7 Å². The Morgan fingerprint density at radius 1 is 0.968 bits per heavy atom. The van der Waals surface area contributed by atoms with Gasteiger partial charge in [-0.15, -0.1) is 0 Å². The van der Waals surface area contributed by atoms with Crippen molar-refractivity contribution in [2.45, 2.75) is 45.3 Å². The minimum Gasteiger partial charge on any atom is -0.373 e. The van der Waals surface area contributed by atoms with Gasteiger partial charge in [0.15, 0.2) is 0 Å². The highest BCUT2D eigenvalue weighted by Gasteiger charge is 2.32. The van der Waals surface area contributed by atoms with Gasteiger partial charge in [-0.3, -0.25) is 14.6 Å². The molecule has 4 rings (SSSR count). The van der Waals surface area contributed by atoms with Crippen LogP contribution in [-0.2, 0) is 16.1 Å². The van der Waals surface area contributed by atoms with Gasteiger partial charge in [0, 0.05) is 50.1 Å². The number of aryl methyl sites for hydroxylation is 1. The van der Waals surface area contributed by atoms with Crippen LogP contribution < -0.4 is 0 Å². The number of pyridine rings is 1. The van der Waals surface area contributed by atoms with Gasteiger partial charge in [-0.1, -0.05) is 23.8 Å². The van der Waals surface area contributed by atoms with E-state index >= 15 is 0 Å². The lowest BCUT2D eigenvalue weighted by molar-refractivity contribution is -0.139. The van der Waals surface area contributed by atoms with Crippen molar-refractivity contribution in [2.24, 2.45) is 5.92 Å². The molecule has 2 aliphatic heterocycles. The quantitative estimate of drug-likeness (QED) is 0.742. The molecule has 0 radical (unpaired) electrons. The number of amides is 2. The average Bonchev–Trinajstić information content (AvgIpc) is 2.83. The molecular formula is C25H31N3O3. The van der Waals surface area contributed by atoms with Gasteiger partial charge in [0.1, 0.15) is 0 Å². The second-order valence-corrected chi connectivity index (χ2v) is 8.63. The lowest BCUT2D eigenvalue weighted by Crippen LogP contribution is -2.47. The molecule has 164 valence electrons. The molecule has 0 bridgehead atoms. The zero-order chi connectivity index (χ0) is 21.6. The third kappa shape index (κ3) is 5.50. The zero-order valence-corrected chi connectivity index (χ0v) is 18.2. The molecule has 0 atom stereocenters. The van der Waals surface area contributed by atoms with E-state index in [1.165, 1.54) is 0 Å². The summed E-state index contributed by atoms with van der Waals surface area (Å²) < 4.78 is 6.01. The Labute approximate surface area is 184 Å². The third-order valence-corrected chi connectivity index (χ3v) is 6.39. The van der Waals surface area contributed by atoms with Crippen molar-refractivity contribution < 1.29 is 14.3 Å². The minimum atomic E-state index is 0.0231. The molecule has 2 saturated heterocycles. The first-order chi connectivity index (χ1) is 15.1. The normalized spacial score (nSPS) is 18.2. The third-order valence-electron chi connectivity index (χ3n) is 6.39. The largest absolute Gasteiger partial charge is 0.373 e. The molecule has 0 aliphatic carbocycles. The van der Waals surface area contributed by atoms with Crippen molar-refractivity contribution in [3.63, 3.8) is 0 Å². The van der Waals surface area contributed by atoms with Gasteiger partial charge in [0.2, 0.25) is 5.91 Å². The van der Waals surface area contributed by atoms with Crippen LogP contribution in [0.2, 0.25) is 0 Å². The fraction of sp³-hybridized carbons (Fsp3) is 0.480. The Kier molecular flexibility index (Phi) is 6.97.